The number of hydrogen-bond acceptors (Lipinski definition) is 6. The Bertz CT molecular complexity index is 1380. The minimum Gasteiger partial charge on any atom is -0.492 e. The van der Waals surface area contributed by atoms with Crippen molar-refractivity contribution in [1.29, 1.82) is 0 Å². The number of ether oxygens (including phenoxy) is 4. The highest BCUT2D eigenvalue weighted by Gasteiger charge is 2.39. The zero-order valence-electron chi connectivity index (χ0n) is 21.2. The quantitative estimate of drug-likeness (QED) is 0.342. The topological polar surface area (TPSA) is 67.1 Å². The average Bonchev–Trinajstić information content (AvgIpc) is 3.58. The second-order valence-corrected chi connectivity index (χ2v) is 9.52. The summed E-state index contributed by atoms with van der Waals surface area (Å²) in [5.74, 6) is 1.92. The van der Waals surface area contributed by atoms with E-state index in [-0.39, 0.29) is 11.5 Å². The molecule has 0 saturated carbocycles. The van der Waals surface area contributed by atoms with Crippen LogP contribution in [0.3, 0.4) is 0 Å². The number of aromatic nitrogens is 2. The first-order valence-electron chi connectivity index (χ1n) is 13.0. The normalized spacial score (nSPS) is 17.1. The van der Waals surface area contributed by atoms with E-state index in [9.17, 15) is 4.79 Å². The molecule has 0 radical (unpaired) electrons. The molecule has 3 aromatic carbocycles. The van der Waals surface area contributed by atoms with Crippen molar-refractivity contribution in [2.24, 2.45) is 0 Å². The van der Waals surface area contributed by atoms with Gasteiger partial charge in [-0.3, -0.25) is 14.0 Å². The minimum absolute atomic E-state index is 0.145. The summed E-state index contributed by atoms with van der Waals surface area (Å²) in [5, 5.41) is 0. The molecule has 8 nitrogen and oxygen atoms in total. The molecule has 38 heavy (non-hydrogen) atoms. The van der Waals surface area contributed by atoms with E-state index in [1.807, 2.05) is 78.9 Å². The summed E-state index contributed by atoms with van der Waals surface area (Å²) >= 11 is 0. The fourth-order valence-electron chi connectivity index (χ4n) is 4.97. The number of likely N-dealkylation sites (tertiary alicyclic amines) is 1. The van der Waals surface area contributed by atoms with E-state index in [2.05, 4.69) is 4.90 Å². The molecule has 196 valence electrons. The van der Waals surface area contributed by atoms with Gasteiger partial charge in [-0.1, -0.05) is 18.2 Å². The number of imidazole rings is 1. The van der Waals surface area contributed by atoms with Crippen molar-refractivity contribution in [3.05, 3.63) is 102 Å². The largest absolute Gasteiger partial charge is 0.492 e. The average molecular weight is 514 g/mol. The van der Waals surface area contributed by atoms with Gasteiger partial charge in [-0.25, -0.2) is 4.79 Å². The fraction of sp³-hybridized carbons (Fsp3) is 0.300. The third kappa shape index (κ3) is 5.38. The first-order chi connectivity index (χ1) is 18.7. The Morgan fingerprint density at radius 1 is 0.711 bits per heavy atom. The highest BCUT2D eigenvalue weighted by Crippen LogP contribution is 2.31. The van der Waals surface area contributed by atoms with Crippen molar-refractivity contribution >= 4 is 0 Å². The lowest BCUT2D eigenvalue weighted by Crippen LogP contribution is -2.46. The molecular formula is C30H31N3O5. The Kier molecular flexibility index (Phi) is 7.00. The number of nitrogens with zero attached hydrogens (tertiary/aromatic N) is 3. The number of piperidine rings is 1. The van der Waals surface area contributed by atoms with Crippen LogP contribution in [0.2, 0.25) is 0 Å². The molecule has 2 saturated heterocycles. The van der Waals surface area contributed by atoms with E-state index >= 15 is 0 Å². The summed E-state index contributed by atoms with van der Waals surface area (Å²) in [6.07, 6.45) is 5.35. The molecular weight excluding hydrogens is 482 g/mol. The van der Waals surface area contributed by atoms with E-state index in [1.54, 1.807) is 21.5 Å². The molecule has 0 amide bonds. The van der Waals surface area contributed by atoms with Crippen LogP contribution in [0.5, 0.6) is 17.2 Å². The van der Waals surface area contributed by atoms with Crippen LogP contribution in [0, 0.1) is 0 Å². The van der Waals surface area contributed by atoms with Gasteiger partial charge >= 0.3 is 5.69 Å². The number of hydrogen-bond donors (Lipinski definition) is 0. The van der Waals surface area contributed by atoms with E-state index in [0.29, 0.717) is 25.6 Å². The van der Waals surface area contributed by atoms with E-state index in [0.717, 1.165) is 55.3 Å². The van der Waals surface area contributed by atoms with E-state index in [4.69, 9.17) is 18.9 Å². The summed E-state index contributed by atoms with van der Waals surface area (Å²) < 4.78 is 26.6. The first kappa shape index (κ1) is 24.5. The van der Waals surface area contributed by atoms with Crippen molar-refractivity contribution < 1.29 is 18.9 Å². The fourth-order valence-corrected chi connectivity index (χ4v) is 4.97. The Balaban J connectivity index is 1.03. The van der Waals surface area contributed by atoms with Crippen molar-refractivity contribution in [2.45, 2.75) is 18.6 Å². The van der Waals surface area contributed by atoms with E-state index < -0.39 is 0 Å². The van der Waals surface area contributed by atoms with Gasteiger partial charge in [0, 0.05) is 44.9 Å². The van der Waals surface area contributed by atoms with Crippen LogP contribution in [0.4, 0.5) is 0 Å². The molecule has 2 aliphatic rings. The van der Waals surface area contributed by atoms with Gasteiger partial charge in [0.1, 0.15) is 23.9 Å². The van der Waals surface area contributed by atoms with Crippen molar-refractivity contribution in [3.8, 4) is 28.6 Å². The summed E-state index contributed by atoms with van der Waals surface area (Å²) in [4.78, 5) is 15.5. The van der Waals surface area contributed by atoms with Gasteiger partial charge in [0.2, 0.25) is 0 Å². The first-order valence-corrected chi connectivity index (χ1v) is 13.0. The maximum Gasteiger partial charge on any atom is 0.337 e. The second-order valence-electron chi connectivity index (χ2n) is 9.52. The Morgan fingerprint density at radius 2 is 1.26 bits per heavy atom. The number of para-hydroxylation sites is 1. The molecule has 1 spiro atoms. The van der Waals surface area contributed by atoms with Crippen LogP contribution < -0.4 is 15.2 Å². The lowest BCUT2D eigenvalue weighted by molar-refractivity contribution is -0.185. The zero-order valence-corrected chi connectivity index (χ0v) is 21.2. The molecule has 1 aromatic heterocycles. The summed E-state index contributed by atoms with van der Waals surface area (Å²) in [6, 6.07) is 24.7. The third-order valence-electron chi connectivity index (χ3n) is 7.09. The Hall–Kier alpha value is -3.85. The Morgan fingerprint density at radius 3 is 1.87 bits per heavy atom. The third-order valence-corrected chi connectivity index (χ3v) is 7.09. The molecule has 0 N–H and O–H groups in total. The maximum absolute atomic E-state index is 13.1. The minimum atomic E-state index is -0.343. The lowest BCUT2D eigenvalue weighted by atomic mass is 10.0. The van der Waals surface area contributed by atoms with Crippen molar-refractivity contribution in [2.75, 3.05) is 39.5 Å². The monoisotopic (exact) mass is 513 g/mol. The van der Waals surface area contributed by atoms with Crippen LogP contribution in [-0.2, 0) is 9.47 Å². The molecule has 0 atom stereocenters. The standard InChI is InChI=1S/C30H31N3O5/c34-29-32(18-19-33(29)25-8-12-28(13-9-25)38-27-4-2-1-3-5-27)24-6-10-26(11-7-24)35-21-20-31-16-14-30(15-17-31)36-22-23-37-30/h1-13,18-19H,14-17,20-23H2. The number of benzene rings is 3. The SMILES string of the molecule is O=c1n(-c2ccc(OCCN3CCC4(CC3)OCCO4)cc2)ccn1-c1ccc(Oc2ccccc2)cc1. The summed E-state index contributed by atoms with van der Waals surface area (Å²) in [6.45, 7) is 4.76. The highest BCUT2D eigenvalue weighted by atomic mass is 16.7. The molecule has 4 aromatic rings. The molecule has 8 heteroatoms. The molecule has 0 unspecified atom stereocenters. The zero-order chi connectivity index (χ0) is 25.8. The lowest BCUT2D eigenvalue weighted by Gasteiger charge is -2.37. The van der Waals surface area contributed by atoms with Crippen molar-refractivity contribution in [1.82, 2.24) is 14.0 Å². The summed E-state index contributed by atoms with van der Waals surface area (Å²) in [7, 11) is 0. The van der Waals surface area contributed by atoms with Gasteiger partial charge in [0.05, 0.1) is 24.6 Å². The van der Waals surface area contributed by atoms with E-state index in [1.165, 1.54) is 0 Å². The molecule has 6 rings (SSSR count). The molecule has 0 bridgehead atoms. The van der Waals surface area contributed by atoms with Crippen LogP contribution in [0.25, 0.3) is 11.4 Å². The van der Waals surface area contributed by atoms with Gasteiger partial charge in [0.15, 0.2) is 5.79 Å². The van der Waals surface area contributed by atoms with Crippen LogP contribution in [-0.4, -0.2) is 59.3 Å². The van der Waals surface area contributed by atoms with Gasteiger partial charge in [0.25, 0.3) is 0 Å². The Labute approximate surface area is 221 Å². The summed E-state index contributed by atoms with van der Waals surface area (Å²) in [5.41, 5.74) is 1.40. The number of rotatable bonds is 8. The van der Waals surface area contributed by atoms with Gasteiger partial charge < -0.3 is 18.9 Å². The molecule has 2 aliphatic heterocycles. The molecule has 3 heterocycles. The predicted molar refractivity (Wildman–Crippen MR) is 144 cm³/mol. The maximum atomic E-state index is 13.1. The van der Waals surface area contributed by atoms with Gasteiger partial charge in [-0.05, 0) is 60.7 Å². The molecule has 0 aliphatic carbocycles. The van der Waals surface area contributed by atoms with Crippen LogP contribution >= 0.6 is 0 Å². The van der Waals surface area contributed by atoms with Crippen molar-refractivity contribution in [3.63, 3.8) is 0 Å². The van der Waals surface area contributed by atoms with Crippen LogP contribution in [0.1, 0.15) is 12.8 Å². The second kappa shape index (κ2) is 10.9. The van der Waals surface area contributed by atoms with Gasteiger partial charge in [-0.2, -0.15) is 0 Å². The van der Waals surface area contributed by atoms with Gasteiger partial charge in [-0.15, -0.1) is 0 Å². The molecule has 2 fully saturated rings. The smallest absolute Gasteiger partial charge is 0.337 e. The highest BCUT2D eigenvalue weighted by molar-refractivity contribution is 5.41. The van der Waals surface area contributed by atoms with Crippen LogP contribution in [0.15, 0.2) is 96.1 Å². The predicted octanol–water partition coefficient (Wildman–Crippen LogP) is 4.64.